The van der Waals surface area contributed by atoms with Crippen LogP contribution < -0.4 is 0 Å². The van der Waals surface area contributed by atoms with Gasteiger partial charge in [0.1, 0.15) is 0 Å². The highest BCUT2D eigenvalue weighted by atomic mass is 32.2. The monoisotopic (exact) mass is 152 g/mol. The summed E-state index contributed by atoms with van der Waals surface area (Å²) >= 11 is 0.924. The molecule has 50 valence electrons. The molecule has 0 saturated carbocycles. The Hall–Kier alpha value is -1.21. The van der Waals surface area contributed by atoms with E-state index in [2.05, 4.69) is 0 Å². The van der Waals surface area contributed by atoms with Gasteiger partial charge in [-0.2, -0.15) is 5.26 Å². The number of hydrogen-bond acceptors (Lipinski definition) is 3. The highest BCUT2D eigenvalue weighted by molar-refractivity contribution is 8.02. The van der Waals surface area contributed by atoms with Gasteiger partial charge in [-0.15, -0.1) is 0 Å². The van der Waals surface area contributed by atoms with E-state index in [1.54, 1.807) is 18.3 Å². The van der Waals surface area contributed by atoms with Crippen LogP contribution in [0.2, 0.25) is 0 Å². The molecule has 0 amide bonds. The van der Waals surface area contributed by atoms with E-state index in [1.807, 2.05) is 5.40 Å². The first-order valence-corrected chi connectivity index (χ1v) is 3.35. The quantitative estimate of drug-likeness (QED) is 0.473. The van der Waals surface area contributed by atoms with Gasteiger partial charge in [0, 0.05) is 6.20 Å². The molecule has 4 heteroatoms. The summed E-state index contributed by atoms with van der Waals surface area (Å²) in [4.78, 5) is 10.2. The number of carbonyl (C=O) groups is 1. The minimum Gasteiger partial charge on any atom is -0.296 e. The van der Waals surface area contributed by atoms with Crippen LogP contribution in [0.3, 0.4) is 0 Å². The molecule has 0 N–H and O–H groups in total. The third-order valence-electron chi connectivity index (χ3n) is 1.00. The van der Waals surface area contributed by atoms with Gasteiger partial charge in [0.05, 0.1) is 17.6 Å². The predicted molar refractivity (Wildman–Crippen MR) is 38.4 cm³/mol. The zero-order chi connectivity index (χ0) is 7.40. The third kappa shape index (κ3) is 1.20. The van der Waals surface area contributed by atoms with Crippen molar-refractivity contribution in [3.8, 4) is 5.40 Å². The van der Waals surface area contributed by atoms with Gasteiger partial charge in [0.25, 0.3) is 0 Å². The van der Waals surface area contributed by atoms with E-state index in [0.29, 0.717) is 12.0 Å². The lowest BCUT2D eigenvalue weighted by Crippen LogP contribution is -1.88. The van der Waals surface area contributed by atoms with E-state index in [0.717, 1.165) is 11.9 Å². The molecule has 0 radical (unpaired) electrons. The van der Waals surface area contributed by atoms with Crippen molar-refractivity contribution >= 4 is 18.2 Å². The number of nitriles is 1. The van der Waals surface area contributed by atoms with E-state index in [9.17, 15) is 4.79 Å². The fourth-order valence-electron chi connectivity index (χ4n) is 0.598. The second-order valence-electron chi connectivity index (χ2n) is 1.56. The zero-order valence-electron chi connectivity index (χ0n) is 5.02. The summed E-state index contributed by atoms with van der Waals surface area (Å²) in [5, 5.41) is 10.1. The van der Waals surface area contributed by atoms with Crippen LogP contribution in [-0.2, 0) is 0 Å². The van der Waals surface area contributed by atoms with Crippen molar-refractivity contribution in [1.29, 1.82) is 5.26 Å². The lowest BCUT2D eigenvalue weighted by Gasteiger charge is -1.92. The van der Waals surface area contributed by atoms with Crippen molar-refractivity contribution in [3.05, 3.63) is 24.0 Å². The summed E-state index contributed by atoms with van der Waals surface area (Å²) in [6, 6.07) is 3.37. The minimum atomic E-state index is 0.506. The number of hydrogen-bond donors (Lipinski definition) is 0. The molecule has 0 spiro atoms. The number of aldehydes is 1. The Morgan fingerprint density at radius 2 is 2.60 bits per heavy atom. The Morgan fingerprint density at radius 3 is 3.20 bits per heavy atom. The van der Waals surface area contributed by atoms with E-state index in [1.165, 1.54) is 3.97 Å². The maximum absolute atomic E-state index is 10.2. The number of nitrogens with zero attached hydrogens (tertiary/aromatic N) is 2. The van der Waals surface area contributed by atoms with E-state index < -0.39 is 0 Å². The van der Waals surface area contributed by atoms with Gasteiger partial charge < -0.3 is 0 Å². The van der Waals surface area contributed by atoms with Gasteiger partial charge >= 0.3 is 0 Å². The topological polar surface area (TPSA) is 45.8 Å². The molecular formula is C6H4N2OS. The van der Waals surface area contributed by atoms with Gasteiger partial charge in [0.15, 0.2) is 11.7 Å². The predicted octanol–water partition coefficient (Wildman–Crippen LogP) is 1.28. The Balaban J connectivity index is 2.92. The molecule has 0 unspecified atom stereocenters. The van der Waals surface area contributed by atoms with Gasteiger partial charge in [-0.05, 0) is 12.1 Å². The molecule has 0 aliphatic rings. The van der Waals surface area contributed by atoms with Gasteiger partial charge in [0.2, 0.25) is 0 Å². The van der Waals surface area contributed by atoms with Crippen LogP contribution in [0.25, 0.3) is 0 Å². The Bertz CT molecular complexity index is 274. The number of rotatable bonds is 2. The molecule has 0 atom stereocenters. The second-order valence-corrected chi connectivity index (χ2v) is 2.32. The minimum absolute atomic E-state index is 0.506. The van der Waals surface area contributed by atoms with Crippen molar-refractivity contribution in [2.45, 2.75) is 0 Å². The van der Waals surface area contributed by atoms with Crippen LogP contribution in [-0.4, -0.2) is 10.3 Å². The third-order valence-corrected chi connectivity index (χ3v) is 1.61. The second kappa shape index (κ2) is 3.08. The molecule has 1 aromatic rings. The van der Waals surface area contributed by atoms with Crippen LogP contribution >= 0.6 is 11.9 Å². The number of aromatic nitrogens is 1. The van der Waals surface area contributed by atoms with Gasteiger partial charge in [-0.25, -0.2) is 0 Å². The Labute approximate surface area is 62.4 Å². The van der Waals surface area contributed by atoms with Crippen molar-refractivity contribution in [2.75, 3.05) is 0 Å². The summed E-state index contributed by atoms with van der Waals surface area (Å²) in [5.41, 5.74) is 0.506. The summed E-state index contributed by atoms with van der Waals surface area (Å²) < 4.78 is 1.51. The van der Waals surface area contributed by atoms with Gasteiger partial charge in [-0.1, -0.05) is 0 Å². The lowest BCUT2D eigenvalue weighted by atomic mass is 10.5. The molecule has 10 heavy (non-hydrogen) atoms. The van der Waals surface area contributed by atoms with E-state index in [4.69, 9.17) is 5.26 Å². The average molecular weight is 152 g/mol. The first kappa shape index (κ1) is 6.90. The molecule has 0 saturated heterocycles. The molecule has 3 nitrogen and oxygen atoms in total. The highest BCUT2D eigenvalue weighted by Crippen LogP contribution is 2.08. The van der Waals surface area contributed by atoms with Crippen LogP contribution in [0.5, 0.6) is 0 Å². The molecule has 0 aromatic carbocycles. The maximum Gasteiger partial charge on any atom is 0.167 e. The van der Waals surface area contributed by atoms with Crippen LogP contribution in [0, 0.1) is 10.7 Å². The first-order valence-electron chi connectivity index (χ1n) is 2.57. The molecule has 0 bridgehead atoms. The largest absolute Gasteiger partial charge is 0.296 e. The fourth-order valence-corrected chi connectivity index (χ4v) is 1.03. The van der Waals surface area contributed by atoms with Crippen molar-refractivity contribution in [2.24, 2.45) is 0 Å². The maximum atomic E-state index is 10.2. The highest BCUT2D eigenvalue weighted by Gasteiger charge is 1.96. The molecule has 0 fully saturated rings. The van der Waals surface area contributed by atoms with Crippen molar-refractivity contribution in [1.82, 2.24) is 3.97 Å². The molecule has 0 aliphatic carbocycles. The lowest BCUT2D eigenvalue weighted by molar-refractivity contribution is 0.111. The smallest absolute Gasteiger partial charge is 0.167 e. The fraction of sp³-hybridized carbons (Fsp3) is 0. The molecular weight excluding hydrogens is 148 g/mol. The van der Waals surface area contributed by atoms with Crippen LogP contribution in [0.4, 0.5) is 0 Å². The van der Waals surface area contributed by atoms with E-state index in [-0.39, 0.29) is 0 Å². The molecule has 1 aromatic heterocycles. The molecule has 1 rings (SSSR count). The van der Waals surface area contributed by atoms with Crippen LogP contribution in [0.15, 0.2) is 18.3 Å². The standard InChI is InChI=1S/C6H4N2OS/c7-5-10-8-3-1-2-6(8)4-9/h1-4H. The summed E-state index contributed by atoms with van der Waals surface area (Å²) in [6.45, 7) is 0. The normalized spacial score (nSPS) is 8.70. The average Bonchev–Trinajstić information content (AvgIpc) is 2.36. The SMILES string of the molecule is N#CSn1cccc1C=O. The molecule has 1 heterocycles. The molecule has 0 aliphatic heterocycles. The number of thiocyanates is 1. The Kier molecular flexibility index (Phi) is 2.13. The van der Waals surface area contributed by atoms with Gasteiger partial charge in [-0.3, -0.25) is 8.77 Å². The zero-order valence-corrected chi connectivity index (χ0v) is 5.84. The summed E-state index contributed by atoms with van der Waals surface area (Å²) in [7, 11) is 0. The summed E-state index contributed by atoms with van der Waals surface area (Å²) in [6.07, 6.45) is 2.38. The van der Waals surface area contributed by atoms with Crippen LogP contribution in [0.1, 0.15) is 10.5 Å². The number of carbonyl (C=O) groups excluding carboxylic acids is 1. The Morgan fingerprint density at radius 1 is 1.80 bits per heavy atom. The summed E-state index contributed by atoms with van der Waals surface area (Å²) in [5.74, 6) is 0. The van der Waals surface area contributed by atoms with Crippen molar-refractivity contribution < 1.29 is 4.79 Å². The first-order chi connectivity index (χ1) is 4.88. The van der Waals surface area contributed by atoms with E-state index >= 15 is 0 Å². The van der Waals surface area contributed by atoms with Crippen molar-refractivity contribution in [3.63, 3.8) is 0 Å².